The number of hydrogen-bond acceptors (Lipinski definition) is 3. The molecule has 5 heteroatoms. The molecule has 2 rings (SSSR count). The van der Waals surface area contributed by atoms with E-state index in [1.54, 1.807) is 6.20 Å². The van der Waals surface area contributed by atoms with Gasteiger partial charge in [-0.1, -0.05) is 33.5 Å². The van der Waals surface area contributed by atoms with Gasteiger partial charge in [0, 0.05) is 32.6 Å². The molecule has 0 amide bonds. The van der Waals surface area contributed by atoms with Crippen molar-refractivity contribution in [1.29, 1.82) is 0 Å². The fraction of sp³-hybridized carbons (Fsp3) is 0.562. The van der Waals surface area contributed by atoms with Crippen molar-refractivity contribution in [1.82, 2.24) is 9.55 Å². The van der Waals surface area contributed by atoms with Crippen LogP contribution in [0.15, 0.2) is 18.5 Å². The fourth-order valence-corrected chi connectivity index (χ4v) is 2.96. The molecule has 2 aromatic rings. The van der Waals surface area contributed by atoms with Gasteiger partial charge in [-0.3, -0.25) is 0 Å². The minimum Gasteiger partial charge on any atom is -0.507 e. The average molecular weight is 306 g/mol. The van der Waals surface area contributed by atoms with Crippen LogP contribution in [-0.4, -0.2) is 29.3 Å². The third kappa shape index (κ3) is 3.86. The minimum atomic E-state index is -1.05. The van der Waals surface area contributed by atoms with Crippen LogP contribution in [0.25, 0.3) is 11.0 Å². The number of pyridine rings is 1. The van der Waals surface area contributed by atoms with Crippen molar-refractivity contribution < 1.29 is 9.84 Å². The van der Waals surface area contributed by atoms with Crippen LogP contribution in [0.2, 0.25) is 25.7 Å². The summed E-state index contributed by atoms with van der Waals surface area (Å²) < 4.78 is 7.70. The van der Waals surface area contributed by atoms with Gasteiger partial charge in [-0.15, -0.1) is 0 Å². The maximum absolute atomic E-state index is 10.3. The molecule has 0 aromatic carbocycles. The number of ether oxygens (including phenoxy) is 1. The summed E-state index contributed by atoms with van der Waals surface area (Å²) in [5.41, 5.74) is 1.67. The lowest BCUT2D eigenvalue weighted by Gasteiger charge is -2.15. The second-order valence-corrected chi connectivity index (χ2v) is 12.7. The van der Waals surface area contributed by atoms with Gasteiger partial charge in [0.05, 0.1) is 5.39 Å². The van der Waals surface area contributed by atoms with Crippen molar-refractivity contribution in [2.24, 2.45) is 0 Å². The van der Waals surface area contributed by atoms with Crippen LogP contribution >= 0.6 is 0 Å². The molecular formula is C16H26N2O2Si. The van der Waals surface area contributed by atoms with Crippen LogP contribution in [0.3, 0.4) is 0 Å². The molecule has 0 bridgehead atoms. The number of fused-ring (bicyclic) bond motifs is 1. The molecule has 4 nitrogen and oxygen atoms in total. The zero-order chi connectivity index (χ0) is 15.6. The maximum atomic E-state index is 10.3. The Bertz CT molecular complexity index is 614. The van der Waals surface area contributed by atoms with Gasteiger partial charge in [0.1, 0.15) is 18.1 Å². The SMILES string of the molecule is CC(C)c1cnc2c(ccn2COCC[Si](C)(C)C)c1O. The summed E-state index contributed by atoms with van der Waals surface area (Å²) in [5.74, 6) is 0.606. The quantitative estimate of drug-likeness (QED) is 0.643. The summed E-state index contributed by atoms with van der Waals surface area (Å²) in [4.78, 5) is 4.48. The van der Waals surface area contributed by atoms with Crippen LogP contribution in [0.5, 0.6) is 5.75 Å². The van der Waals surface area contributed by atoms with Crippen molar-refractivity contribution in [3.05, 3.63) is 24.0 Å². The van der Waals surface area contributed by atoms with Crippen LogP contribution in [0.1, 0.15) is 25.3 Å². The number of aromatic hydroxyl groups is 1. The molecule has 116 valence electrons. The summed E-state index contributed by atoms with van der Waals surface area (Å²) in [6, 6.07) is 3.06. The van der Waals surface area contributed by atoms with Crippen LogP contribution in [0, 0.1) is 0 Å². The molecule has 0 spiro atoms. The topological polar surface area (TPSA) is 47.3 Å². The predicted molar refractivity (Wildman–Crippen MR) is 89.6 cm³/mol. The smallest absolute Gasteiger partial charge is 0.145 e. The largest absolute Gasteiger partial charge is 0.507 e. The molecule has 2 aromatic heterocycles. The van der Waals surface area contributed by atoms with Gasteiger partial charge in [-0.25, -0.2) is 4.98 Å². The van der Waals surface area contributed by atoms with Crippen LogP contribution < -0.4 is 0 Å². The number of rotatable bonds is 6. The molecule has 0 saturated heterocycles. The summed E-state index contributed by atoms with van der Waals surface area (Å²) in [6.07, 6.45) is 3.69. The first-order chi connectivity index (χ1) is 9.79. The molecule has 2 heterocycles. The number of hydrogen-bond donors (Lipinski definition) is 1. The van der Waals surface area contributed by atoms with E-state index in [1.165, 1.54) is 0 Å². The Balaban J connectivity index is 2.10. The Morgan fingerprint density at radius 3 is 2.67 bits per heavy atom. The lowest BCUT2D eigenvalue weighted by Crippen LogP contribution is -2.22. The Morgan fingerprint density at radius 2 is 2.05 bits per heavy atom. The summed E-state index contributed by atoms with van der Waals surface area (Å²) in [5, 5.41) is 11.1. The predicted octanol–water partition coefficient (Wildman–Crippen LogP) is 4.18. The highest BCUT2D eigenvalue weighted by molar-refractivity contribution is 6.76. The average Bonchev–Trinajstić information content (AvgIpc) is 2.77. The van der Waals surface area contributed by atoms with Gasteiger partial charge < -0.3 is 14.4 Å². The Hall–Kier alpha value is -1.33. The van der Waals surface area contributed by atoms with Gasteiger partial charge in [-0.05, 0) is 18.0 Å². The second-order valence-electron chi connectivity index (χ2n) is 7.09. The van der Waals surface area contributed by atoms with E-state index in [1.807, 2.05) is 16.8 Å². The third-order valence-electron chi connectivity index (χ3n) is 3.64. The molecule has 0 atom stereocenters. The molecule has 21 heavy (non-hydrogen) atoms. The highest BCUT2D eigenvalue weighted by Crippen LogP contribution is 2.32. The summed E-state index contributed by atoms with van der Waals surface area (Å²) in [7, 11) is -1.05. The zero-order valence-electron chi connectivity index (χ0n) is 13.7. The van der Waals surface area contributed by atoms with Gasteiger partial charge >= 0.3 is 0 Å². The monoisotopic (exact) mass is 306 g/mol. The Kier molecular flexibility index (Phi) is 4.73. The normalized spacial score (nSPS) is 12.5. The Morgan fingerprint density at radius 1 is 1.33 bits per heavy atom. The van der Waals surface area contributed by atoms with E-state index >= 15 is 0 Å². The van der Waals surface area contributed by atoms with Crippen molar-refractivity contribution in [3.8, 4) is 5.75 Å². The van der Waals surface area contributed by atoms with E-state index in [-0.39, 0.29) is 5.92 Å². The van der Waals surface area contributed by atoms with Crippen LogP contribution in [0.4, 0.5) is 0 Å². The molecular weight excluding hydrogens is 280 g/mol. The fourth-order valence-electron chi connectivity index (χ4n) is 2.21. The lowest BCUT2D eigenvalue weighted by atomic mass is 10.0. The standard InChI is InChI=1S/C16H26N2O2Si/c1-12(2)14-10-17-16-13(15(14)19)6-7-18(16)11-20-8-9-21(3,4)5/h6-7,10,12H,8-9,11H2,1-5H3,(H,17,19). The van der Waals surface area contributed by atoms with E-state index in [9.17, 15) is 5.11 Å². The van der Waals surface area contributed by atoms with Crippen molar-refractivity contribution in [3.63, 3.8) is 0 Å². The Labute approximate surface area is 127 Å². The molecule has 0 radical (unpaired) electrons. The van der Waals surface area contributed by atoms with Gasteiger partial charge in [0.2, 0.25) is 0 Å². The van der Waals surface area contributed by atoms with E-state index in [4.69, 9.17) is 4.74 Å². The first-order valence-electron chi connectivity index (χ1n) is 7.54. The number of aromatic nitrogens is 2. The molecule has 0 aliphatic heterocycles. The van der Waals surface area contributed by atoms with Crippen molar-refractivity contribution in [2.75, 3.05) is 6.61 Å². The molecule has 0 unspecified atom stereocenters. The highest BCUT2D eigenvalue weighted by Gasteiger charge is 2.14. The van der Waals surface area contributed by atoms with Gasteiger partial charge in [-0.2, -0.15) is 0 Å². The van der Waals surface area contributed by atoms with Gasteiger partial charge in [0.25, 0.3) is 0 Å². The highest BCUT2D eigenvalue weighted by atomic mass is 28.3. The van der Waals surface area contributed by atoms with Crippen molar-refractivity contribution in [2.45, 2.75) is 52.2 Å². The molecule has 0 aliphatic carbocycles. The van der Waals surface area contributed by atoms with E-state index in [0.717, 1.165) is 29.2 Å². The van der Waals surface area contributed by atoms with E-state index < -0.39 is 8.07 Å². The number of nitrogens with zero attached hydrogens (tertiary/aromatic N) is 2. The summed E-state index contributed by atoms with van der Waals surface area (Å²) >= 11 is 0. The zero-order valence-corrected chi connectivity index (χ0v) is 14.7. The molecule has 0 saturated carbocycles. The molecule has 0 aliphatic rings. The molecule has 1 N–H and O–H groups in total. The van der Waals surface area contributed by atoms with Gasteiger partial charge in [0.15, 0.2) is 0 Å². The van der Waals surface area contributed by atoms with Crippen molar-refractivity contribution >= 4 is 19.1 Å². The maximum Gasteiger partial charge on any atom is 0.145 e. The first kappa shape index (κ1) is 16.0. The van der Waals surface area contributed by atoms with E-state index in [0.29, 0.717) is 12.5 Å². The van der Waals surface area contributed by atoms with Crippen LogP contribution in [-0.2, 0) is 11.5 Å². The summed E-state index contributed by atoms with van der Waals surface area (Å²) in [6.45, 7) is 12.4. The lowest BCUT2D eigenvalue weighted by molar-refractivity contribution is 0.0899. The van der Waals surface area contributed by atoms with E-state index in [2.05, 4.69) is 38.5 Å². The first-order valence-corrected chi connectivity index (χ1v) is 11.2. The molecule has 0 fully saturated rings. The minimum absolute atomic E-state index is 0.262. The third-order valence-corrected chi connectivity index (χ3v) is 5.34. The second kappa shape index (κ2) is 6.20.